The summed E-state index contributed by atoms with van der Waals surface area (Å²) in [5.41, 5.74) is 5.72. The number of aryl methyl sites for hydroxylation is 1. The molecule has 132 valence electrons. The van der Waals surface area contributed by atoms with Gasteiger partial charge in [-0.05, 0) is 44.8 Å². The van der Waals surface area contributed by atoms with Crippen molar-refractivity contribution in [3.8, 4) is 22.8 Å². The largest absolute Gasteiger partial charge is 0.335 e. The number of H-pyrrole nitrogens is 1. The lowest BCUT2D eigenvalue weighted by atomic mass is 10.0. The third-order valence-corrected chi connectivity index (χ3v) is 4.80. The molecule has 0 unspecified atom stereocenters. The summed E-state index contributed by atoms with van der Waals surface area (Å²) in [5.74, 6) is 0.845. The van der Waals surface area contributed by atoms with Crippen LogP contribution in [0.2, 0.25) is 0 Å². The quantitative estimate of drug-likeness (QED) is 0.613. The first-order valence-electron chi connectivity index (χ1n) is 8.65. The second-order valence-corrected chi connectivity index (χ2v) is 6.74. The summed E-state index contributed by atoms with van der Waals surface area (Å²) < 4.78 is 1.80. The van der Waals surface area contributed by atoms with Gasteiger partial charge in [0.05, 0.1) is 5.69 Å². The molecular formula is C20H22N6. The van der Waals surface area contributed by atoms with Gasteiger partial charge in [-0.1, -0.05) is 24.3 Å². The first-order chi connectivity index (χ1) is 12.5. The van der Waals surface area contributed by atoms with Crippen molar-refractivity contribution in [2.24, 2.45) is 7.05 Å². The van der Waals surface area contributed by atoms with E-state index in [9.17, 15) is 0 Å². The molecule has 0 aliphatic heterocycles. The maximum Gasteiger partial charge on any atom is 0.177 e. The summed E-state index contributed by atoms with van der Waals surface area (Å²) in [4.78, 5) is 14.8. The molecule has 0 saturated heterocycles. The van der Waals surface area contributed by atoms with Crippen LogP contribution in [-0.4, -0.2) is 43.7 Å². The molecule has 26 heavy (non-hydrogen) atoms. The highest BCUT2D eigenvalue weighted by molar-refractivity contribution is 5.89. The molecule has 3 heterocycles. The molecule has 0 radical (unpaired) electrons. The molecule has 1 N–H and O–H groups in total. The maximum absolute atomic E-state index is 4.78. The highest BCUT2D eigenvalue weighted by Crippen LogP contribution is 2.29. The zero-order chi connectivity index (χ0) is 18.3. The van der Waals surface area contributed by atoms with Crippen molar-refractivity contribution in [3.05, 3.63) is 54.2 Å². The zero-order valence-electron chi connectivity index (χ0n) is 15.4. The van der Waals surface area contributed by atoms with Gasteiger partial charge in [0.1, 0.15) is 17.0 Å². The molecule has 0 aliphatic carbocycles. The Balaban J connectivity index is 1.81. The van der Waals surface area contributed by atoms with Gasteiger partial charge in [0.15, 0.2) is 5.65 Å². The number of imidazole rings is 1. The Morgan fingerprint density at radius 1 is 1.12 bits per heavy atom. The number of aromatic nitrogens is 5. The van der Waals surface area contributed by atoms with Crippen LogP contribution >= 0.6 is 0 Å². The number of hydrogen-bond acceptors (Lipinski definition) is 4. The number of nitrogens with zero attached hydrogens (tertiary/aromatic N) is 5. The number of rotatable bonds is 4. The monoisotopic (exact) mass is 346 g/mol. The third-order valence-electron chi connectivity index (χ3n) is 4.80. The van der Waals surface area contributed by atoms with Gasteiger partial charge < -0.3 is 9.88 Å². The van der Waals surface area contributed by atoms with Crippen LogP contribution in [0.5, 0.6) is 0 Å². The lowest BCUT2D eigenvalue weighted by molar-refractivity contribution is 0.321. The Bertz CT molecular complexity index is 1040. The highest BCUT2D eigenvalue weighted by Gasteiger charge is 2.17. The van der Waals surface area contributed by atoms with Crippen molar-refractivity contribution < 1.29 is 0 Å². The van der Waals surface area contributed by atoms with E-state index in [0.717, 1.165) is 33.9 Å². The van der Waals surface area contributed by atoms with Crippen LogP contribution in [0.15, 0.2) is 48.7 Å². The van der Waals surface area contributed by atoms with Crippen LogP contribution in [0, 0.1) is 0 Å². The van der Waals surface area contributed by atoms with Gasteiger partial charge in [0.2, 0.25) is 0 Å². The van der Waals surface area contributed by atoms with E-state index in [1.165, 1.54) is 5.56 Å². The van der Waals surface area contributed by atoms with Crippen LogP contribution in [0.4, 0.5) is 0 Å². The van der Waals surface area contributed by atoms with E-state index in [4.69, 9.17) is 4.98 Å². The lowest BCUT2D eigenvalue weighted by Gasteiger charge is -2.20. The van der Waals surface area contributed by atoms with Gasteiger partial charge in [-0.2, -0.15) is 5.10 Å². The Kier molecular flexibility index (Phi) is 4.05. The van der Waals surface area contributed by atoms with Gasteiger partial charge in [-0.25, -0.2) is 9.67 Å². The SMILES string of the molecule is C[C@H](c1cccc(-c2nc3c([nH]2)c(-c2ccccn2)nn3C)c1)N(C)C. The Labute approximate surface area is 152 Å². The van der Waals surface area contributed by atoms with Crippen molar-refractivity contribution in [2.75, 3.05) is 14.1 Å². The van der Waals surface area contributed by atoms with Crippen LogP contribution < -0.4 is 0 Å². The molecule has 0 bridgehead atoms. The molecule has 4 rings (SSSR count). The summed E-state index contributed by atoms with van der Waals surface area (Å²) in [6, 6.07) is 14.7. The Morgan fingerprint density at radius 3 is 2.69 bits per heavy atom. The number of benzene rings is 1. The fourth-order valence-electron chi connectivity index (χ4n) is 3.07. The third kappa shape index (κ3) is 2.78. The molecule has 0 amide bonds. The van der Waals surface area contributed by atoms with Crippen molar-refractivity contribution in [2.45, 2.75) is 13.0 Å². The van der Waals surface area contributed by atoms with E-state index >= 15 is 0 Å². The van der Waals surface area contributed by atoms with Crippen LogP contribution in [0.1, 0.15) is 18.5 Å². The van der Waals surface area contributed by atoms with Gasteiger partial charge in [0.25, 0.3) is 0 Å². The second kappa shape index (κ2) is 6.38. The Hall–Kier alpha value is -2.99. The molecule has 0 spiro atoms. The molecule has 4 aromatic rings. The van der Waals surface area contributed by atoms with Crippen molar-refractivity contribution in [1.82, 2.24) is 29.6 Å². The van der Waals surface area contributed by atoms with Crippen LogP contribution in [-0.2, 0) is 7.05 Å². The molecule has 1 atom stereocenters. The Morgan fingerprint density at radius 2 is 1.96 bits per heavy atom. The van der Waals surface area contributed by atoms with E-state index in [1.54, 1.807) is 10.9 Å². The van der Waals surface area contributed by atoms with Crippen molar-refractivity contribution >= 4 is 11.2 Å². The van der Waals surface area contributed by atoms with Gasteiger partial charge >= 0.3 is 0 Å². The fourth-order valence-corrected chi connectivity index (χ4v) is 3.07. The van der Waals surface area contributed by atoms with Gasteiger partial charge in [0, 0.05) is 24.8 Å². The second-order valence-electron chi connectivity index (χ2n) is 6.74. The molecule has 3 aromatic heterocycles. The standard InChI is InChI=1S/C20H22N6/c1-13(25(2)3)14-8-7-9-15(12-14)19-22-18-17(16-10-5-6-11-21-16)24-26(4)20(18)23-19/h5-13H,1-4H3,(H,22,23)/t13-/m1/s1. The number of pyridine rings is 1. The summed E-state index contributed by atoms with van der Waals surface area (Å²) in [6.45, 7) is 2.20. The van der Waals surface area contributed by atoms with E-state index in [0.29, 0.717) is 6.04 Å². The van der Waals surface area contributed by atoms with Crippen molar-refractivity contribution in [1.29, 1.82) is 0 Å². The average molecular weight is 346 g/mol. The number of nitrogens with one attached hydrogen (secondary N) is 1. The van der Waals surface area contributed by atoms with Gasteiger partial charge in [-0.15, -0.1) is 0 Å². The van der Waals surface area contributed by atoms with E-state index in [-0.39, 0.29) is 0 Å². The minimum atomic E-state index is 0.338. The number of hydrogen-bond donors (Lipinski definition) is 1. The average Bonchev–Trinajstić information content (AvgIpc) is 3.23. The predicted octanol–water partition coefficient (Wildman–Crippen LogP) is 3.65. The highest BCUT2D eigenvalue weighted by atomic mass is 15.3. The molecule has 0 saturated carbocycles. The summed E-state index contributed by atoms with van der Waals surface area (Å²) in [6.07, 6.45) is 1.78. The minimum Gasteiger partial charge on any atom is -0.335 e. The van der Waals surface area contributed by atoms with Crippen LogP contribution in [0.25, 0.3) is 33.9 Å². The summed E-state index contributed by atoms with van der Waals surface area (Å²) >= 11 is 0. The maximum atomic E-state index is 4.78. The summed E-state index contributed by atoms with van der Waals surface area (Å²) in [7, 11) is 6.08. The smallest absolute Gasteiger partial charge is 0.177 e. The first kappa shape index (κ1) is 16.5. The molecule has 6 heteroatoms. The molecule has 6 nitrogen and oxygen atoms in total. The zero-order valence-corrected chi connectivity index (χ0v) is 15.4. The fraction of sp³-hybridized carbons (Fsp3) is 0.250. The number of fused-ring (bicyclic) bond motifs is 1. The van der Waals surface area contributed by atoms with Crippen LogP contribution in [0.3, 0.4) is 0 Å². The van der Waals surface area contributed by atoms with E-state index in [2.05, 4.69) is 65.3 Å². The number of aromatic amines is 1. The molecule has 0 aliphatic rings. The van der Waals surface area contributed by atoms with E-state index in [1.807, 2.05) is 25.2 Å². The predicted molar refractivity (Wildman–Crippen MR) is 104 cm³/mol. The van der Waals surface area contributed by atoms with E-state index < -0.39 is 0 Å². The van der Waals surface area contributed by atoms with Crippen molar-refractivity contribution in [3.63, 3.8) is 0 Å². The molecular weight excluding hydrogens is 324 g/mol. The first-order valence-corrected chi connectivity index (χ1v) is 8.65. The lowest BCUT2D eigenvalue weighted by Crippen LogP contribution is -2.16. The van der Waals surface area contributed by atoms with Gasteiger partial charge in [-0.3, -0.25) is 4.98 Å². The molecule has 0 fully saturated rings. The minimum absolute atomic E-state index is 0.338. The molecule has 1 aromatic carbocycles. The topological polar surface area (TPSA) is 62.6 Å². The normalized spacial score (nSPS) is 12.8. The summed E-state index contributed by atoms with van der Waals surface area (Å²) in [5, 5.41) is 4.58.